The zero-order valence-corrected chi connectivity index (χ0v) is 19.6. The van der Waals surface area contributed by atoms with Crippen molar-refractivity contribution in [2.45, 2.75) is 6.61 Å². The van der Waals surface area contributed by atoms with Gasteiger partial charge in [0.25, 0.3) is 5.91 Å². The highest BCUT2D eigenvalue weighted by Crippen LogP contribution is 2.36. The van der Waals surface area contributed by atoms with Crippen LogP contribution in [0.5, 0.6) is 5.75 Å². The Morgan fingerprint density at radius 1 is 1.03 bits per heavy atom. The summed E-state index contributed by atoms with van der Waals surface area (Å²) in [5, 5.41) is 4.91. The first kappa shape index (κ1) is 21.3. The number of nitrogens with zero attached hydrogens (tertiary/aromatic N) is 1. The van der Waals surface area contributed by atoms with Crippen LogP contribution in [0.2, 0.25) is 0 Å². The zero-order valence-electron chi connectivity index (χ0n) is 16.4. The number of halogens is 2. The maximum atomic E-state index is 12.4. The lowest BCUT2D eigenvalue weighted by atomic mass is 10.1. The van der Waals surface area contributed by atoms with Crippen molar-refractivity contribution in [2.75, 3.05) is 6.54 Å². The average Bonchev–Trinajstić information content (AvgIpc) is 3.01. The van der Waals surface area contributed by atoms with Crippen molar-refractivity contribution in [3.05, 3.63) is 93.0 Å². The van der Waals surface area contributed by atoms with Gasteiger partial charge in [0, 0.05) is 6.54 Å². The minimum atomic E-state index is -0.454. The monoisotopic (exact) mass is 540 g/mol. The van der Waals surface area contributed by atoms with Gasteiger partial charge in [-0.2, -0.15) is 0 Å². The van der Waals surface area contributed by atoms with Crippen LogP contribution in [0.4, 0.5) is 4.79 Å². The van der Waals surface area contributed by atoms with E-state index in [9.17, 15) is 9.59 Å². The molecule has 156 valence electrons. The molecule has 1 heterocycles. The fraction of sp³-hybridized carbons (Fsp3) is 0.0833. The maximum absolute atomic E-state index is 12.4. The summed E-state index contributed by atoms with van der Waals surface area (Å²) in [6, 6.07) is 17.5. The first-order valence-corrected chi connectivity index (χ1v) is 11.1. The van der Waals surface area contributed by atoms with Gasteiger partial charge in [-0.15, -0.1) is 6.58 Å². The molecule has 3 aromatic rings. The van der Waals surface area contributed by atoms with Crippen LogP contribution in [-0.4, -0.2) is 23.4 Å². The van der Waals surface area contributed by atoms with Crippen molar-refractivity contribution in [3.8, 4) is 5.75 Å². The minimum Gasteiger partial charge on any atom is -0.487 e. The molecule has 0 spiro atoms. The molecule has 0 unspecified atom stereocenters. The summed E-state index contributed by atoms with van der Waals surface area (Å²) in [6.07, 6.45) is 3.14. The molecule has 0 aliphatic carbocycles. The van der Waals surface area contributed by atoms with Crippen LogP contribution in [0.25, 0.3) is 16.8 Å². The number of urea groups is 1. The molecule has 7 heteroatoms. The number of hydrogen-bond donors (Lipinski definition) is 1. The van der Waals surface area contributed by atoms with Crippen LogP contribution in [0.15, 0.2) is 81.9 Å². The quantitative estimate of drug-likeness (QED) is 0.236. The molecule has 0 bridgehead atoms. The molecule has 31 heavy (non-hydrogen) atoms. The van der Waals surface area contributed by atoms with E-state index in [2.05, 4.69) is 62.0 Å². The third-order valence-corrected chi connectivity index (χ3v) is 6.04. The molecule has 3 aromatic carbocycles. The molecule has 0 atom stereocenters. The molecule has 5 nitrogen and oxygen atoms in total. The molecule has 1 saturated heterocycles. The lowest BCUT2D eigenvalue weighted by Gasteiger charge is -2.13. The lowest BCUT2D eigenvalue weighted by molar-refractivity contribution is -0.122. The van der Waals surface area contributed by atoms with E-state index in [1.807, 2.05) is 36.4 Å². The summed E-state index contributed by atoms with van der Waals surface area (Å²) in [7, 11) is 0. The Morgan fingerprint density at radius 2 is 1.74 bits per heavy atom. The Morgan fingerprint density at radius 3 is 2.48 bits per heavy atom. The van der Waals surface area contributed by atoms with E-state index in [1.54, 1.807) is 6.08 Å². The molecular weight excluding hydrogens is 524 g/mol. The van der Waals surface area contributed by atoms with Crippen LogP contribution < -0.4 is 10.1 Å². The van der Waals surface area contributed by atoms with Gasteiger partial charge in [-0.25, -0.2) is 4.79 Å². The second-order valence-electron chi connectivity index (χ2n) is 6.93. The Bertz CT molecular complexity index is 1210. The molecule has 4 rings (SSSR count). The van der Waals surface area contributed by atoms with Gasteiger partial charge in [-0.1, -0.05) is 48.5 Å². The van der Waals surface area contributed by atoms with E-state index in [1.165, 1.54) is 6.08 Å². The van der Waals surface area contributed by atoms with E-state index in [-0.39, 0.29) is 18.1 Å². The molecule has 1 aliphatic rings. The minimum absolute atomic E-state index is 0.163. The van der Waals surface area contributed by atoms with Crippen molar-refractivity contribution in [2.24, 2.45) is 0 Å². The Kier molecular flexibility index (Phi) is 6.25. The number of fused-ring (bicyclic) bond motifs is 1. The number of benzene rings is 3. The van der Waals surface area contributed by atoms with Gasteiger partial charge in [0.2, 0.25) is 0 Å². The van der Waals surface area contributed by atoms with Crippen LogP contribution in [0, 0.1) is 0 Å². The maximum Gasteiger partial charge on any atom is 0.329 e. The van der Waals surface area contributed by atoms with E-state index in [0.29, 0.717) is 12.4 Å². The second-order valence-corrected chi connectivity index (χ2v) is 8.64. The number of hydrogen-bond acceptors (Lipinski definition) is 3. The van der Waals surface area contributed by atoms with Crippen LogP contribution in [-0.2, 0) is 11.4 Å². The molecule has 1 aliphatic heterocycles. The average molecular weight is 542 g/mol. The highest BCUT2D eigenvalue weighted by molar-refractivity contribution is 9.11. The van der Waals surface area contributed by atoms with Gasteiger partial charge in [0.1, 0.15) is 18.1 Å². The smallest absolute Gasteiger partial charge is 0.329 e. The third kappa shape index (κ3) is 4.43. The third-order valence-electron chi connectivity index (χ3n) is 4.86. The predicted octanol–water partition coefficient (Wildman–Crippen LogP) is 6.02. The van der Waals surface area contributed by atoms with Gasteiger partial charge in [0.15, 0.2) is 0 Å². The first-order valence-electron chi connectivity index (χ1n) is 9.52. The van der Waals surface area contributed by atoms with Gasteiger partial charge in [-0.05, 0) is 72.0 Å². The fourth-order valence-electron chi connectivity index (χ4n) is 3.40. The zero-order chi connectivity index (χ0) is 22.0. The number of rotatable bonds is 6. The van der Waals surface area contributed by atoms with Crippen molar-refractivity contribution in [1.29, 1.82) is 0 Å². The van der Waals surface area contributed by atoms with Gasteiger partial charge in [-0.3, -0.25) is 9.69 Å². The van der Waals surface area contributed by atoms with E-state index in [0.717, 1.165) is 35.7 Å². The number of carbonyl (C=O) groups is 2. The topological polar surface area (TPSA) is 58.6 Å². The summed E-state index contributed by atoms with van der Waals surface area (Å²) in [4.78, 5) is 25.4. The molecule has 3 amide bonds. The van der Waals surface area contributed by atoms with Crippen molar-refractivity contribution >= 4 is 60.6 Å². The summed E-state index contributed by atoms with van der Waals surface area (Å²) in [5.41, 5.74) is 2.04. The molecule has 1 fully saturated rings. The molecule has 0 saturated carbocycles. The summed E-state index contributed by atoms with van der Waals surface area (Å²) in [5.74, 6) is 0.276. The predicted molar refractivity (Wildman–Crippen MR) is 129 cm³/mol. The highest BCUT2D eigenvalue weighted by atomic mass is 79.9. The molecule has 0 radical (unpaired) electrons. The lowest BCUT2D eigenvalue weighted by Crippen LogP contribution is -2.30. The van der Waals surface area contributed by atoms with E-state index < -0.39 is 6.03 Å². The Labute approximate surface area is 196 Å². The first-order chi connectivity index (χ1) is 15.0. The van der Waals surface area contributed by atoms with Crippen molar-refractivity contribution in [3.63, 3.8) is 0 Å². The van der Waals surface area contributed by atoms with Crippen molar-refractivity contribution < 1.29 is 14.3 Å². The standard InChI is InChI=1S/C24H18Br2N2O3/c1-2-10-28-23(29)21(27-24(28)30)13-15-11-19(25)22(20(26)12-15)31-14-17-8-5-7-16-6-3-4-9-18(16)17/h2-9,11-13H,1,10,14H2,(H,27,30)/b21-13+. The van der Waals surface area contributed by atoms with Crippen LogP contribution >= 0.6 is 31.9 Å². The van der Waals surface area contributed by atoms with Crippen LogP contribution in [0.1, 0.15) is 11.1 Å². The normalized spacial score (nSPS) is 14.9. The molecule has 0 aromatic heterocycles. The number of carbonyl (C=O) groups excluding carboxylic acids is 2. The summed E-state index contributed by atoms with van der Waals surface area (Å²) < 4.78 is 7.56. The number of imide groups is 1. The largest absolute Gasteiger partial charge is 0.487 e. The SMILES string of the molecule is C=CCN1C(=O)N/C(=C/c2cc(Br)c(OCc3cccc4ccccc34)c(Br)c2)C1=O. The Hall–Kier alpha value is -2.90. The second kappa shape index (κ2) is 9.08. The van der Waals surface area contributed by atoms with Crippen molar-refractivity contribution in [1.82, 2.24) is 10.2 Å². The molecular formula is C24H18Br2N2O3. The number of ether oxygens (including phenoxy) is 1. The number of amides is 3. The summed E-state index contributed by atoms with van der Waals surface area (Å²) in [6.45, 7) is 4.14. The van der Waals surface area contributed by atoms with Gasteiger partial charge < -0.3 is 10.1 Å². The van der Waals surface area contributed by atoms with E-state index >= 15 is 0 Å². The highest BCUT2D eigenvalue weighted by Gasteiger charge is 2.32. The fourth-order valence-corrected chi connectivity index (χ4v) is 4.85. The molecule has 1 N–H and O–H groups in total. The van der Waals surface area contributed by atoms with Crippen LogP contribution in [0.3, 0.4) is 0 Å². The van der Waals surface area contributed by atoms with Gasteiger partial charge in [0.05, 0.1) is 8.95 Å². The van der Waals surface area contributed by atoms with E-state index in [4.69, 9.17) is 4.74 Å². The Balaban J connectivity index is 1.56. The summed E-state index contributed by atoms with van der Waals surface area (Å²) >= 11 is 7.11. The number of nitrogens with one attached hydrogen (secondary N) is 1. The van der Waals surface area contributed by atoms with Gasteiger partial charge >= 0.3 is 6.03 Å².